The molecule has 0 unspecified atom stereocenters. The van der Waals surface area contributed by atoms with Gasteiger partial charge in [-0.2, -0.15) is 0 Å². The summed E-state index contributed by atoms with van der Waals surface area (Å²) in [5, 5.41) is 3.41. The van der Waals surface area contributed by atoms with Crippen molar-refractivity contribution in [2.45, 2.75) is 13.0 Å². The summed E-state index contributed by atoms with van der Waals surface area (Å²) in [5.41, 5.74) is 3.66. The molecule has 0 radical (unpaired) electrons. The van der Waals surface area contributed by atoms with Gasteiger partial charge in [0.05, 0.1) is 14.2 Å². The van der Waals surface area contributed by atoms with Gasteiger partial charge in [-0.1, -0.05) is 24.3 Å². The summed E-state index contributed by atoms with van der Waals surface area (Å²) in [6.07, 6.45) is 5.05. The van der Waals surface area contributed by atoms with Gasteiger partial charge in [-0.15, -0.1) is 0 Å². The molecule has 1 aliphatic rings. The van der Waals surface area contributed by atoms with E-state index in [2.05, 4.69) is 38.4 Å². The fraction of sp³-hybridized carbons (Fsp3) is 0.333. The lowest BCUT2D eigenvalue weighted by Crippen LogP contribution is -2.43. The number of pyridine rings is 1. The summed E-state index contributed by atoms with van der Waals surface area (Å²) in [7, 11) is 5.13. The Bertz CT molecular complexity index is 815. The van der Waals surface area contributed by atoms with E-state index in [1.807, 2.05) is 37.5 Å². The van der Waals surface area contributed by atoms with Gasteiger partial charge in [0.25, 0.3) is 0 Å². The highest BCUT2D eigenvalue weighted by molar-refractivity contribution is 5.81. The molecule has 27 heavy (non-hydrogen) atoms. The Balaban J connectivity index is 1.59. The van der Waals surface area contributed by atoms with Crippen molar-refractivity contribution in [2.75, 3.05) is 34.4 Å². The maximum absolute atomic E-state index is 5.33. The summed E-state index contributed by atoms with van der Waals surface area (Å²) in [6.45, 7) is 2.42. The zero-order valence-electron chi connectivity index (χ0n) is 16.1. The van der Waals surface area contributed by atoms with Crippen molar-refractivity contribution in [3.8, 4) is 11.6 Å². The van der Waals surface area contributed by atoms with E-state index in [4.69, 9.17) is 9.47 Å². The predicted octanol–water partition coefficient (Wildman–Crippen LogP) is 2.96. The van der Waals surface area contributed by atoms with Crippen molar-refractivity contribution in [3.05, 3.63) is 59.8 Å². The van der Waals surface area contributed by atoms with Crippen LogP contribution in [-0.2, 0) is 6.54 Å². The Morgan fingerprint density at radius 2 is 2.11 bits per heavy atom. The fourth-order valence-corrected chi connectivity index (χ4v) is 3.10. The first-order valence-corrected chi connectivity index (χ1v) is 9.01. The number of aliphatic imine (C=N–C) groups is 1. The van der Waals surface area contributed by atoms with Crippen LogP contribution in [0.25, 0.3) is 5.57 Å². The van der Waals surface area contributed by atoms with Gasteiger partial charge in [0.15, 0.2) is 5.96 Å². The van der Waals surface area contributed by atoms with E-state index in [0.29, 0.717) is 12.4 Å². The summed E-state index contributed by atoms with van der Waals surface area (Å²) < 4.78 is 10.4. The largest absolute Gasteiger partial charge is 0.497 e. The molecule has 3 rings (SSSR count). The maximum atomic E-state index is 5.33. The lowest BCUT2D eigenvalue weighted by atomic mass is 9.99. The average molecular weight is 366 g/mol. The average Bonchev–Trinajstić information content (AvgIpc) is 2.75. The van der Waals surface area contributed by atoms with Gasteiger partial charge in [0, 0.05) is 38.9 Å². The number of nitrogens with zero attached hydrogens (tertiary/aromatic N) is 3. The monoisotopic (exact) mass is 366 g/mol. The molecule has 0 saturated heterocycles. The quantitative estimate of drug-likeness (QED) is 0.651. The number of hydrogen-bond acceptors (Lipinski definition) is 4. The normalized spacial score (nSPS) is 14.6. The molecule has 1 aromatic heterocycles. The van der Waals surface area contributed by atoms with Gasteiger partial charge in [0.2, 0.25) is 5.88 Å². The lowest BCUT2D eigenvalue weighted by molar-refractivity contribution is 0.397. The molecule has 2 heterocycles. The number of ether oxygens (including phenoxy) is 2. The second-order valence-corrected chi connectivity index (χ2v) is 6.27. The van der Waals surface area contributed by atoms with Crippen LogP contribution >= 0.6 is 0 Å². The predicted molar refractivity (Wildman–Crippen MR) is 108 cm³/mol. The molecule has 1 N–H and O–H groups in total. The Kier molecular flexibility index (Phi) is 6.30. The second kappa shape index (κ2) is 9.07. The minimum atomic E-state index is 0.620. The van der Waals surface area contributed by atoms with Gasteiger partial charge in [0.1, 0.15) is 5.75 Å². The molecule has 6 nitrogen and oxygen atoms in total. The van der Waals surface area contributed by atoms with Gasteiger partial charge in [-0.25, -0.2) is 4.98 Å². The van der Waals surface area contributed by atoms with Crippen LogP contribution in [0.4, 0.5) is 0 Å². The van der Waals surface area contributed by atoms with E-state index in [0.717, 1.165) is 36.8 Å². The minimum Gasteiger partial charge on any atom is -0.497 e. The fourth-order valence-electron chi connectivity index (χ4n) is 3.10. The number of nitrogens with one attached hydrogen (secondary N) is 1. The Labute approximate surface area is 160 Å². The smallest absolute Gasteiger partial charge is 0.212 e. The van der Waals surface area contributed by atoms with Gasteiger partial charge >= 0.3 is 0 Å². The molecule has 0 atom stereocenters. The molecule has 0 spiro atoms. The van der Waals surface area contributed by atoms with E-state index < -0.39 is 0 Å². The Hall–Kier alpha value is -3.02. The zero-order chi connectivity index (χ0) is 19.1. The SMILES string of the molecule is CN=C(NCc1ccc(OC)nc1)N1CC=C(c2cccc(OC)c2)CC1. The molecule has 2 aromatic rings. The highest BCUT2D eigenvalue weighted by atomic mass is 16.5. The zero-order valence-corrected chi connectivity index (χ0v) is 16.1. The molecular weight excluding hydrogens is 340 g/mol. The van der Waals surface area contributed by atoms with E-state index in [9.17, 15) is 0 Å². The number of benzene rings is 1. The first-order valence-electron chi connectivity index (χ1n) is 9.01. The molecule has 0 aliphatic carbocycles. The number of hydrogen-bond donors (Lipinski definition) is 1. The Morgan fingerprint density at radius 3 is 2.74 bits per heavy atom. The second-order valence-electron chi connectivity index (χ2n) is 6.27. The van der Waals surface area contributed by atoms with Crippen LogP contribution < -0.4 is 14.8 Å². The standard InChI is InChI=1S/C21H26N4O2/c1-22-21(24-15-16-7-8-20(27-3)23-14-16)25-11-9-17(10-12-25)18-5-4-6-19(13-18)26-2/h4-9,13-14H,10-12,15H2,1-3H3,(H,22,24). The summed E-state index contributed by atoms with van der Waals surface area (Å²) in [5.74, 6) is 2.41. The van der Waals surface area contributed by atoms with E-state index in [1.54, 1.807) is 14.2 Å². The van der Waals surface area contributed by atoms with Gasteiger partial charge in [-0.05, 0) is 35.3 Å². The molecular formula is C21H26N4O2. The van der Waals surface area contributed by atoms with Gasteiger partial charge in [-0.3, -0.25) is 4.99 Å². The van der Waals surface area contributed by atoms with Crippen molar-refractivity contribution in [2.24, 2.45) is 4.99 Å². The highest BCUT2D eigenvalue weighted by Crippen LogP contribution is 2.25. The molecule has 1 aliphatic heterocycles. The molecule has 6 heteroatoms. The first-order chi connectivity index (χ1) is 13.2. The first kappa shape index (κ1) is 18.8. The van der Waals surface area contributed by atoms with Crippen LogP contribution in [0.2, 0.25) is 0 Å². The maximum Gasteiger partial charge on any atom is 0.212 e. The number of guanidine groups is 1. The van der Waals surface area contributed by atoms with Crippen LogP contribution in [0.5, 0.6) is 11.6 Å². The number of methoxy groups -OCH3 is 2. The van der Waals surface area contributed by atoms with Crippen LogP contribution in [0.15, 0.2) is 53.7 Å². The van der Waals surface area contributed by atoms with Crippen molar-refractivity contribution < 1.29 is 9.47 Å². The van der Waals surface area contributed by atoms with Crippen molar-refractivity contribution >= 4 is 11.5 Å². The summed E-state index contributed by atoms with van der Waals surface area (Å²) in [6, 6.07) is 12.1. The third-order valence-corrected chi connectivity index (χ3v) is 4.62. The van der Waals surface area contributed by atoms with E-state index in [1.165, 1.54) is 11.1 Å². The summed E-state index contributed by atoms with van der Waals surface area (Å²) >= 11 is 0. The van der Waals surface area contributed by atoms with Crippen molar-refractivity contribution in [3.63, 3.8) is 0 Å². The molecule has 0 saturated carbocycles. The van der Waals surface area contributed by atoms with Crippen LogP contribution in [0, 0.1) is 0 Å². The number of aromatic nitrogens is 1. The lowest BCUT2D eigenvalue weighted by Gasteiger charge is -2.30. The topological polar surface area (TPSA) is 59.0 Å². The van der Waals surface area contributed by atoms with Crippen LogP contribution in [-0.4, -0.2) is 50.2 Å². The summed E-state index contributed by atoms with van der Waals surface area (Å²) in [4.78, 5) is 10.9. The van der Waals surface area contributed by atoms with E-state index in [-0.39, 0.29) is 0 Å². The number of rotatable bonds is 5. The van der Waals surface area contributed by atoms with Crippen molar-refractivity contribution in [1.29, 1.82) is 0 Å². The Morgan fingerprint density at radius 1 is 1.22 bits per heavy atom. The van der Waals surface area contributed by atoms with Crippen molar-refractivity contribution in [1.82, 2.24) is 15.2 Å². The molecule has 142 valence electrons. The highest BCUT2D eigenvalue weighted by Gasteiger charge is 2.16. The third kappa shape index (κ3) is 4.78. The minimum absolute atomic E-state index is 0.620. The molecule has 0 fully saturated rings. The van der Waals surface area contributed by atoms with Crippen LogP contribution in [0.3, 0.4) is 0 Å². The third-order valence-electron chi connectivity index (χ3n) is 4.62. The van der Waals surface area contributed by atoms with E-state index >= 15 is 0 Å². The molecule has 0 bridgehead atoms. The van der Waals surface area contributed by atoms with Gasteiger partial charge < -0.3 is 19.7 Å². The van der Waals surface area contributed by atoms with Crippen LogP contribution in [0.1, 0.15) is 17.5 Å². The molecule has 1 aromatic carbocycles. The molecule has 0 amide bonds.